The van der Waals surface area contributed by atoms with Crippen LogP contribution in [0, 0.1) is 5.41 Å². The van der Waals surface area contributed by atoms with Crippen LogP contribution in [0.5, 0.6) is 0 Å². The Morgan fingerprint density at radius 3 is 2.18 bits per heavy atom. The second-order valence-corrected chi connectivity index (χ2v) is 5.32. The van der Waals surface area contributed by atoms with Crippen molar-refractivity contribution in [2.24, 2.45) is 5.41 Å². The lowest BCUT2D eigenvalue weighted by molar-refractivity contribution is -0.163. The van der Waals surface area contributed by atoms with Gasteiger partial charge in [0.1, 0.15) is 6.04 Å². The molecule has 1 fully saturated rings. The molecule has 5 heteroatoms. The minimum Gasteiger partial charge on any atom is -0.480 e. The third kappa shape index (κ3) is 3.05. The maximum atomic E-state index is 11.9. The van der Waals surface area contributed by atoms with Gasteiger partial charge in [0.2, 0.25) is 11.8 Å². The number of piperidine rings is 1. The third-order valence-electron chi connectivity index (χ3n) is 2.96. The first kappa shape index (κ1) is 13.7. The average Bonchev–Trinajstić information content (AvgIpc) is 2.12. The minimum atomic E-state index is -1.10. The number of amides is 2. The van der Waals surface area contributed by atoms with Gasteiger partial charge in [-0.15, -0.1) is 0 Å². The average molecular weight is 241 g/mol. The van der Waals surface area contributed by atoms with Crippen LogP contribution in [0.4, 0.5) is 0 Å². The molecule has 2 amide bonds. The number of carboxylic acid groups (broad SMARTS) is 1. The van der Waals surface area contributed by atoms with E-state index in [9.17, 15) is 14.4 Å². The highest BCUT2D eigenvalue weighted by atomic mass is 16.4. The Bertz CT molecular complexity index is 328. The van der Waals surface area contributed by atoms with E-state index >= 15 is 0 Å². The molecule has 0 aromatic carbocycles. The van der Waals surface area contributed by atoms with Crippen molar-refractivity contribution in [2.45, 2.75) is 52.5 Å². The lowest BCUT2D eigenvalue weighted by Gasteiger charge is -2.37. The Labute approximate surface area is 101 Å². The van der Waals surface area contributed by atoms with Gasteiger partial charge in [0.25, 0.3) is 0 Å². The predicted octanol–water partition coefficient (Wildman–Crippen LogP) is 1.41. The topological polar surface area (TPSA) is 74.7 Å². The summed E-state index contributed by atoms with van der Waals surface area (Å²) in [6.45, 7) is 5.52. The highest BCUT2D eigenvalue weighted by Crippen LogP contribution is 2.32. The Balaban J connectivity index is 2.92. The van der Waals surface area contributed by atoms with Crippen molar-refractivity contribution in [3.8, 4) is 0 Å². The number of imide groups is 1. The van der Waals surface area contributed by atoms with Crippen LogP contribution in [-0.4, -0.2) is 33.8 Å². The molecule has 0 radical (unpaired) electrons. The monoisotopic (exact) mass is 241 g/mol. The van der Waals surface area contributed by atoms with Crippen molar-refractivity contribution in [3.63, 3.8) is 0 Å². The molecule has 5 nitrogen and oxygen atoms in total. The van der Waals surface area contributed by atoms with E-state index in [4.69, 9.17) is 5.11 Å². The molecular weight excluding hydrogens is 222 g/mol. The normalized spacial score (nSPS) is 21.5. The van der Waals surface area contributed by atoms with Gasteiger partial charge in [0, 0.05) is 12.8 Å². The van der Waals surface area contributed by atoms with Crippen LogP contribution in [0.3, 0.4) is 0 Å². The molecule has 96 valence electrons. The molecule has 0 aromatic rings. The van der Waals surface area contributed by atoms with Crippen LogP contribution in [0.2, 0.25) is 0 Å². The smallest absolute Gasteiger partial charge is 0.326 e. The predicted molar refractivity (Wildman–Crippen MR) is 61.2 cm³/mol. The zero-order valence-corrected chi connectivity index (χ0v) is 10.5. The van der Waals surface area contributed by atoms with E-state index in [1.807, 2.05) is 20.8 Å². The van der Waals surface area contributed by atoms with E-state index in [2.05, 4.69) is 0 Å². The number of carboxylic acids is 1. The van der Waals surface area contributed by atoms with E-state index in [1.54, 1.807) is 0 Å². The first-order valence-electron chi connectivity index (χ1n) is 5.86. The summed E-state index contributed by atoms with van der Waals surface area (Å²) in [5.74, 6) is -1.84. The van der Waals surface area contributed by atoms with E-state index in [0.717, 1.165) is 4.90 Å². The highest BCUT2D eigenvalue weighted by molar-refractivity contribution is 6.01. The van der Waals surface area contributed by atoms with E-state index in [0.29, 0.717) is 12.8 Å². The standard InChI is InChI=1S/C12H19NO4/c1-4-5-8(11(16)17)13-9(14)6-12(2,3)7-10(13)15/h8H,4-7H2,1-3H3,(H,16,17). The van der Waals surface area contributed by atoms with E-state index < -0.39 is 12.0 Å². The summed E-state index contributed by atoms with van der Waals surface area (Å²) >= 11 is 0. The maximum absolute atomic E-state index is 11.9. The molecule has 1 atom stereocenters. The van der Waals surface area contributed by atoms with Gasteiger partial charge >= 0.3 is 5.97 Å². The van der Waals surface area contributed by atoms with Crippen molar-refractivity contribution >= 4 is 17.8 Å². The summed E-state index contributed by atoms with van der Waals surface area (Å²) in [5.41, 5.74) is -0.361. The van der Waals surface area contributed by atoms with E-state index in [1.165, 1.54) is 0 Å². The zero-order chi connectivity index (χ0) is 13.2. The summed E-state index contributed by atoms with van der Waals surface area (Å²) in [6.07, 6.45) is 1.39. The Hall–Kier alpha value is -1.39. The van der Waals surface area contributed by atoms with Gasteiger partial charge in [-0.1, -0.05) is 27.2 Å². The SMILES string of the molecule is CCCC(C(=O)O)N1C(=O)CC(C)(C)CC1=O. The number of rotatable bonds is 4. The molecule has 0 bridgehead atoms. The molecule has 0 aromatic heterocycles. The number of aliphatic carboxylic acids is 1. The number of carbonyl (C=O) groups excluding carboxylic acids is 2. The number of likely N-dealkylation sites (tertiary alicyclic amines) is 1. The molecular formula is C12H19NO4. The first-order valence-corrected chi connectivity index (χ1v) is 5.86. The fraction of sp³-hybridized carbons (Fsp3) is 0.750. The molecule has 0 aliphatic carbocycles. The van der Waals surface area contributed by atoms with Crippen LogP contribution in [0.15, 0.2) is 0 Å². The van der Waals surface area contributed by atoms with Crippen molar-refractivity contribution in [2.75, 3.05) is 0 Å². The maximum Gasteiger partial charge on any atom is 0.326 e. The van der Waals surface area contributed by atoms with Crippen molar-refractivity contribution in [1.29, 1.82) is 0 Å². The quantitative estimate of drug-likeness (QED) is 0.755. The Morgan fingerprint density at radius 1 is 1.35 bits per heavy atom. The Morgan fingerprint density at radius 2 is 1.82 bits per heavy atom. The lowest BCUT2D eigenvalue weighted by atomic mass is 9.81. The second-order valence-electron chi connectivity index (χ2n) is 5.32. The van der Waals surface area contributed by atoms with Gasteiger partial charge < -0.3 is 5.11 Å². The third-order valence-corrected chi connectivity index (χ3v) is 2.96. The van der Waals surface area contributed by atoms with Crippen LogP contribution in [0.25, 0.3) is 0 Å². The van der Waals surface area contributed by atoms with Gasteiger partial charge in [0.05, 0.1) is 0 Å². The number of carbonyl (C=O) groups is 3. The lowest BCUT2D eigenvalue weighted by Crippen LogP contribution is -2.53. The van der Waals surface area contributed by atoms with Crippen LogP contribution in [0.1, 0.15) is 46.5 Å². The van der Waals surface area contributed by atoms with E-state index in [-0.39, 0.29) is 30.1 Å². The molecule has 0 saturated carbocycles. The number of nitrogens with zero attached hydrogens (tertiary/aromatic N) is 1. The highest BCUT2D eigenvalue weighted by Gasteiger charge is 2.42. The molecule has 17 heavy (non-hydrogen) atoms. The minimum absolute atomic E-state index is 0.228. The molecule has 1 heterocycles. The van der Waals surface area contributed by atoms with Gasteiger partial charge in [-0.3, -0.25) is 14.5 Å². The molecule has 1 unspecified atom stereocenters. The fourth-order valence-electron chi connectivity index (χ4n) is 2.17. The first-order chi connectivity index (χ1) is 7.78. The summed E-state index contributed by atoms with van der Waals surface area (Å²) in [4.78, 5) is 35.8. The Kier molecular flexibility index (Phi) is 3.91. The molecule has 0 spiro atoms. The fourth-order valence-corrected chi connectivity index (χ4v) is 2.17. The largest absolute Gasteiger partial charge is 0.480 e. The van der Waals surface area contributed by atoms with Crippen molar-refractivity contribution in [3.05, 3.63) is 0 Å². The van der Waals surface area contributed by atoms with Crippen LogP contribution in [-0.2, 0) is 14.4 Å². The number of hydrogen-bond acceptors (Lipinski definition) is 3. The number of hydrogen-bond donors (Lipinski definition) is 1. The van der Waals surface area contributed by atoms with Gasteiger partial charge in [-0.05, 0) is 11.8 Å². The summed E-state index contributed by atoms with van der Waals surface area (Å²) in [5, 5.41) is 9.08. The molecule has 1 aliphatic rings. The summed E-state index contributed by atoms with van der Waals surface area (Å²) in [7, 11) is 0. The zero-order valence-electron chi connectivity index (χ0n) is 10.5. The van der Waals surface area contributed by atoms with Gasteiger partial charge in [-0.25, -0.2) is 4.79 Å². The van der Waals surface area contributed by atoms with Crippen molar-refractivity contribution < 1.29 is 19.5 Å². The van der Waals surface area contributed by atoms with Crippen LogP contribution < -0.4 is 0 Å². The van der Waals surface area contributed by atoms with Gasteiger partial charge in [0.15, 0.2) is 0 Å². The van der Waals surface area contributed by atoms with Gasteiger partial charge in [-0.2, -0.15) is 0 Å². The van der Waals surface area contributed by atoms with Crippen molar-refractivity contribution in [1.82, 2.24) is 4.90 Å². The second kappa shape index (κ2) is 4.85. The molecule has 1 rings (SSSR count). The molecule has 1 N–H and O–H groups in total. The molecule has 1 aliphatic heterocycles. The molecule has 1 saturated heterocycles. The summed E-state index contributed by atoms with van der Waals surface area (Å²) in [6, 6.07) is -1.00. The summed E-state index contributed by atoms with van der Waals surface area (Å²) < 4.78 is 0. The van der Waals surface area contributed by atoms with Crippen LogP contribution >= 0.6 is 0 Å².